The van der Waals surface area contributed by atoms with Crippen molar-refractivity contribution in [3.05, 3.63) is 17.5 Å². The van der Waals surface area contributed by atoms with Gasteiger partial charge in [0.25, 0.3) is 0 Å². The molecule has 1 aromatic heterocycles. The van der Waals surface area contributed by atoms with Crippen molar-refractivity contribution in [2.75, 3.05) is 0 Å². The summed E-state index contributed by atoms with van der Waals surface area (Å²) in [6, 6.07) is -0.207. The Hall–Kier alpha value is -1.54. The first-order valence-electron chi connectivity index (χ1n) is 3.79. The highest BCUT2D eigenvalue weighted by atomic mass is 19.4. The molecule has 16 heavy (non-hydrogen) atoms. The predicted molar refractivity (Wildman–Crippen MR) is 38.5 cm³/mol. The first-order chi connectivity index (χ1) is 7.03. The molecule has 0 spiro atoms. The van der Waals surface area contributed by atoms with E-state index in [0.717, 1.165) is 0 Å². The number of halogens is 6. The van der Waals surface area contributed by atoms with Gasteiger partial charge in [-0.3, -0.25) is 4.79 Å². The van der Waals surface area contributed by atoms with Crippen LogP contribution in [0, 0.1) is 0 Å². The number of carbonyl (C=O) groups is 1. The van der Waals surface area contributed by atoms with Crippen LogP contribution < -0.4 is 0 Å². The third-order valence-electron chi connectivity index (χ3n) is 1.59. The van der Waals surface area contributed by atoms with Gasteiger partial charge in [0.15, 0.2) is 11.4 Å². The van der Waals surface area contributed by atoms with Gasteiger partial charge in [-0.1, -0.05) is 0 Å². The number of rotatable bonds is 0. The van der Waals surface area contributed by atoms with Crippen LogP contribution in [0.1, 0.15) is 23.1 Å². The van der Waals surface area contributed by atoms with Crippen LogP contribution in [-0.2, 0) is 12.4 Å². The van der Waals surface area contributed by atoms with Gasteiger partial charge >= 0.3 is 12.4 Å². The van der Waals surface area contributed by atoms with Crippen molar-refractivity contribution in [3.8, 4) is 0 Å². The van der Waals surface area contributed by atoms with Gasteiger partial charge in [0, 0.05) is 13.0 Å². The minimum Gasteiger partial charge on any atom is -0.273 e. The molecule has 0 N–H and O–H groups in total. The van der Waals surface area contributed by atoms with Gasteiger partial charge < -0.3 is 0 Å². The standard InChI is InChI=1S/C7H4F6N2O/c1-3(16)15-5(7(11,12)13)2-4(14-15)6(8,9)10/h2H,1H3. The number of hydrogen-bond acceptors (Lipinski definition) is 2. The maximum atomic E-state index is 12.2. The Kier molecular flexibility index (Phi) is 2.74. The van der Waals surface area contributed by atoms with E-state index in [1.807, 2.05) is 0 Å². The van der Waals surface area contributed by atoms with E-state index in [9.17, 15) is 31.1 Å². The summed E-state index contributed by atoms with van der Waals surface area (Å²) >= 11 is 0. The molecule has 0 atom stereocenters. The predicted octanol–water partition coefficient (Wildman–Crippen LogP) is 2.58. The van der Waals surface area contributed by atoms with E-state index in [1.165, 1.54) is 0 Å². The number of alkyl halides is 6. The van der Waals surface area contributed by atoms with E-state index < -0.39 is 29.6 Å². The smallest absolute Gasteiger partial charge is 0.273 e. The zero-order valence-electron chi connectivity index (χ0n) is 7.65. The lowest BCUT2D eigenvalue weighted by molar-refractivity contribution is -0.143. The number of hydrogen-bond donors (Lipinski definition) is 0. The summed E-state index contributed by atoms with van der Waals surface area (Å²) in [4.78, 5) is 10.7. The molecule has 0 bridgehead atoms. The molecule has 3 nitrogen and oxygen atoms in total. The summed E-state index contributed by atoms with van der Waals surface area (Å²) in [5.41, 5.74) is -3.50. The lowest BCUT2D eigenvalue weighted by Gasteiger charge is -2.05. The van der Waals surface area contributed by atoms with Gasteiger partial charge in [0.2, 0.25) is 5.91 Å². The molecule has 90 valence electrons. The molecule has 0 aliphatic rings. The van der Waals surface area contributed by atoms with Crippen LogP contribution in [0.3, 0.4) is 0 Å². The molecule has 0 aliphatic carbocycles. The first kappa shape index (κ1) is 12.5. The summed E-state index contributed by atoms with van der Waals surface area (Å²) in [6.07, 6.45) is -10.1. The maximum Gasteiger partial charge on any atom is 0.435 e. The van der Waals surface area contributed by atoms with E-state index in [0.29, 0.717) is 6.92 Å². The van der Waals surface area contributed by atoms with Crippen LogP contribution in [-0.4, -0.2) is 15.7 Å². The summed E-state index contributed by atoms with van der Waals surface area (Å²) < 4.78 is 72.6. The Morgan fingerprint density at radius 2 is 1.69 bits per heavy atom. The highest BCUT2D eigenvalue weighted by molar-refractivity contribution is 5.76. The highest BCUT2D eigenvalue weighted by Crippen LogP contribution is 2.34. The third-order valence-corrected chi connectivity index (χ3v) is 1.59. The minimum atomic E-state index is -5.07. The second-order valence-corrected chi connectivity index (χ2v) is 2.84. The molecule has 0 saturated carbocycles. The Balaban J connectivity index is 3.38. The van der Waals surface area contributed by atoms with Gasteiger partial charge in [-0.15, -0.1) is 0 Å². The topological polar surface area (TPSA) is 34.9 Å². The molecule has 0 unspecified atom stereocenters. The zero-order valence-corrected chi connectivity index (χ0v) is 7.65. The van der Waals surface area contributed by atoms with Crippen molar-refractivity contribution < 1.29 is 31.1 Å². The molecule has 1 heterocycles. The SMILES string of the molecule is CC(=O)n1nc(C(F)(F)F)cc1C(F)(F)F. The lowest BCUT2D eigenvalue weighted by Crippen LogP contribution is -2.19. The second kappa shape index (κ2) is 3.49. The Labute approximate surface area is 84.7 Å². The average Bonchev–Trinajstić information content (AvgIpc) is 2.44. The zero-order chi connectivity index (χ0) is 12.7. The largest absolute Gasteiger partial charge is 0.435 e. The summed E-state index contributed by atoms with van der Waals surface area (Å²) in [5, 5.41) is 2.57. The number of nitrogens with zero attached hydrogens (tertiary/aromatic N) is 2. The van der Waals surface area contributed by atoms with Crippen molar-refractivity contribution in [2.24, 2.45) is 0 Å². The van der Waals surface area contributed by atoms with Crippen LogP contribution in [0.25, 0.3) is 0 Å². The lowest BCUT2D eigenvalue weighted by atomic mass is 10.3. The monoisotopic (exact) mass is 246 g/mol. The molecule has 9 heteroatoms. The molecule has 0 saturated heterocycles. The normalized spacial score (nSPS) is 12.9. The first-order valence-corrected chi connectivity index (χ1v) is 3.79. The Morgan fingerprint density at radius 3 is 1.94 bits per heavy atom. The molecule has 0 radical (unpaired) electrons. The van der Waals surface area contributed by atoms with Crippen LogP contribution in [0.4, 0.5) is 26.3 Å². The Morgan fingerprint density at radius 1 is 1.19 bits per heavy atom. The fraction of sp³-hybridized carbons (Fsp3) is 0.429. The van der Waals surface area contributed by atoms with E-state index in [4.69, 9.17) is 0 Å². The fourth-order valence-electron chi connectivity index (χ4n) is 0.962. The van der Waals surface area contributed by atoms with Crippen molar-refractivity contribution in [3.63, 3.8) is 0 Å². The van der Waals surface area contributed by atoms with Gasteiger partial charge in [-0.2, -0.15) is 36.1 Å². The van der Waals surface area contributed by atoms with Crippen molar-refractivity contribution in [1.82, 2.24) is 9.78 Å². The third kappa shape index (κ3) is 2.34. The molecule has 0 fully saturated rings. The summed E-state index contributed by atoms with van der Waals surface area (Å²) in [5.74, 6) is -1.25. The Bertz CT molecular complexity index is 415. The van der Waals surface area contributed by atoms with Crippen molar-refractivity contribution in [1.29, 1.82) is 0 Å². The maximum absolute atomic E-state index is 12.2. The fourth-order valence-corrected chi connectivity index (χ4v) is 0.962. The molecule has 1 rings (SSSR count). The summed E-state index contributed by atoms with van der Waals surface area (Å²) in [6.45, 7) is 0.683. The van der Waals surface area contributed by atoms with Crippen molar-refractivity contribution in [2.45, 2.75) is 19.3 Å². The van der Waals surface area contributed by atoms with E-state index >= 15 is 0 Å². The summed E-state index contributed by atoms with van der Waals surface area (Å²) in [7, 11) is 0. The van der Waals surface area contributed by atoms with Gasteiger partial charge in [-0.05, 0) is 0 Å². The van der Waals surface area contributed by atoms with Crippen LogP contribution in [0.2, 0.25) is 0 Å². The quantitative estimate of drug-likeness (QED) is 0.659. The van der Waals surface area contributed by atoms with E-state index in [-0.39, 0.29) is 10.7 Å². The van der Waals surface area contributed by atoms with Gasteiger partial charge in [0.05, 0.1) is 0 Å². The number of carbonyl (C=O) groups excluding carboxylic acids is 1. The highest BCUT2D eigenvalue weighted by Gasteiger charge is 2.42. The molecule has 0 amide bonds. The molecule has 0 aliphatic heterocycles. The van der Waals surface area contributed by atoms with E-state index in [1.54, 1.807) is 0 Å². The van der Waals surface area contributed by atoms with Crippen LogP contribution >= 0.6 is 0 Å². The molecule has 1 aromatic rings. The van der Waals surface area contributed by atoms with E-state index in [2.05, 4.69) is 5.10 Å². The number of aromatic nitrogens is 2. The minimum absolute atomic E-state index is 0.207. The molecule has 0 aromatic carbocycles. The molecular formula is C7H4F6N2O. The van der Waals surface area contributed by atoms with Gasteiger partial charge in [-0.25, -0.2) is 0 Å². The average molecular weight is 246 g/mol. The molecular weight excluding hydrogens is 242 g/mol. The van der Waals surface area contributed by atoms with Crippen LogP contribution in [0.15, 0.2) is 6.07 Å². The van der Waals surface area contributed by atoms with Crippen LogP contribution in [0.5, 0.6) is 0 Å². The van der Waals surface area contributed by atoms with Crippen molar-refractivity contribution >= 4 is 5.91 Å². The van der Waals surface area contributed by atoms with Gasteiger partial charge in [0.1, 0.15) is 0 Å². The second-order valence-electron chi connectivity index (χ2n) is 2.84.